The van der Waals surface area contributed by atoms with Crippen molar-refractivity contribution in [1.29, 1.82) is 0 Å². The number of benzene rings is 1. The minimum atomic E-state index is -0.0697. The van der Waals surface area contributed by atoms with Gasteiger partial charge in [-0.15, -0.1) is 0 Å². The monoisotopic (exact) mass is 234 g/mol. The first-order valence-corrected chi connectivity index (χ1v) is 6.42. The first kappa shape index (κ1) is 13.8. The number of hydrogen-bond acceptors (Lipinski definition) is 2. The van der Waals surface area contributed by atoms with Crippen molar-refractivity contribution >= 4 is 5.97 Å². The summed E-state index contributed by atoms with van der Waals surface area (Å²) in [6.45, 7) is 3.76. The molecule has 0 atom stereocenters. The summed E-state index contributed by atoms with van der Waals surface area (Å²) in [7, 11) is 0. The fraction of sp³-hybridized carbons (Fsp3) is 0.533. The molecule has 0 aromatic heterocycles. The van der Waals surface area contributed by atoms with Crippen molar-refractivity contribution in [3.63, 3.8) is 0 Å². The van der Waals surface area contributed by atoms with Gasteiger partial charge in [0.05, 0.1) is 6.10 Å². The Hall–Kier alpha value is -1.31. The van der Waals surface area contributed by atoms with Crippen LogP contribution in [0.2, 0.25) is 0 Å². The number of rotatable bonds is 7. The summed E-state index contributed by atoms with van der Waals surface area (Å²) in [4.78, 5) is 11.3. The molecule has 1 aromatic carbocycles. The Morgan fingerprint density at radius 2 is 1.82 bits per heavy atom. The van der Waals surface area contributed by atoms with Gasteiger partial charge in [-0.25, -0.2) is 0 Å². The van der Waals surface area contributed by atoms with Crippen molar-refractivity contribution in [2.75, 3.05) is 0 Å². The molecular weight excluding hydrogens is 212 g/mol. The summed E-state index contributed by atoms with van der Waals surface area (Å²) in [5.74, 6) is -0.0697. The van der Waals surface area contributed by atoms with Gasteiger partial charge in [-0.2, -0.15) is 0 Å². The number of aryl methyl sites for hydroxylation is 1. The highest BCUT2D eigenvalue weighted by Gasteiger charge is 2.04. The third kappa shape index (κ3) is 6.77. The van der Waals surface area contributed by atoms with E-state index in [-0.39, 0.29) is 12.1 Å². The maximum atomic E-state index is 11.3. The van der Waals surface area contributed by atoms with Crippen molar-refractivity contribution in [2.24, 2.45) is 0 Å². The Morgan fingerprint density at radius 3 is 2.47 bits per heavy atom. The molecule has 2 nitrogen and oxygen atoms in total. The Balaban J connectivity index is 2.03. The molecule has 0 heterocycles. The van der Waals surface area contributed by atoms with Crippen molar-refractivity contribution in [3.8, 4) is 0 Å². The number of esters is 1. The fourth-order valence-electron chi connectivity index (χ4n) is 1.74. The van der Waals surface area contributed by atoms with Crippen LogP contribution in [-0.2, 0) is 16.0 Å². The van der Waals surface area contributed by atoms with Crippen LogP contribution in [0.4, 0.5) is 0 Å². The highest BCUT2D eigenvalue weighted by atomic mass is 16.5. The van der Waals surface area contributed by atoms with Crippen molar-refractivity contribution in [2.45, 2.75) is 52.1 Å². The number of carbonyl (C=O) groups is 1. The van der Waals surface area contributed by atoms with E-state index in [2.05, 4.69) is 24.3 Å². The molecule has 2 heteroatoms. The van der Waals surface area contributed by atoms with E-state index in [0.29, 0.717) is 6.42 Å². The lowest BCUT2D eigenvalue weighted by Gasteiger charge is -2.07. The van der Waals surface area contributed by atoms with Gasteiger partial charge in [0.2, 0.25) is 0 Å². The molecule has 0 bridgehead atoms. The number of carbonyl (C=O) groups excluding carboxylic acids is 1. The van der Waals surface area contributed by atoms with Crippen LogP contribution in [-0.4, -0.2) is 12.1 Å². The van der Waals surface area contributed by atoms with Crippen LogP contribution in [0.25, 0.3) is 0 Å². The van der Waals surface area contributed by atoms with E-state index >= 15 is 0 Å². The molecule has 0 fully saturated rings. The molecule has 17 heavy (non-hydrogen) atoms. The fourth-order valence-corrected chi connectivity index (χ4v) is 1.74. The lowest BCUT2D eigenvalue weighted by atomic mass is 10.1. The largest absolute Gasteiger partial charge is 0.463 e. The summed E-state index contributed by atoms with van der Waals surface area (Å²) in [6.07, 6.45) is 4.80. The van der Waals surface area contributed by atoms with Crippen molar-refractivity contribution in [3.05, 3.63) is 35.9 Å². The van der Waals surface area contributed by atoms with Gasteiger partial charge in [-0.1, -0.05) is 36.8 Å². The SMILES string of the molecule is CC(C)OC(=O)CCCCCc1ccccc1. The maximum absolute atomic E-state index is 11.3. The molecule has 0 N–H and O–H groups in total. The predicted molar refractivity (Wildman–Crippen MR) is 69.8 cm³/mol. The second-order valence-electron chi connectivity index (χ2n) is 4.58. The van der Waals surface area contributed by atoms with E-state index in [1.807, 2.05) is 19.9 Å². The molecule has 1 rings (SSSR count). The van der Waals surface area contributed by atoms with Crippen LogP contribution in [0.15, 0.2) is 30.3 Å². The molecule has 0 aliphatic carbocycles. The molecular formula is C15H22O2. The summed E-state index contributed by atoms with van der Waals surface area (Å²) in [6, 6.07) is 10.5. The van der Waals surface area contributed by atoms with Gasteiger partial charge in [0.1, 0.15) is 0 Å². The Kier molecular flexibility index (Phi) is 6.38. The quantitative estimate of drug-likeness (QED) is 0.530. The Labute approximate surface area is 104 Å². The van der Waals surface area contributed by atoms with Gasteiger partial charge in [0, 0.05) is 6.42 Å². The Bertz CT molecular complexity index is 317. The van der Waals surface area contributed by atoms with Crippen LogP contribution in [0, 0.1) is 0 Å². The molecule has 0 saturated carbocycles. The summed E-state index contributed by atoms with van der Waals surface area (Å²) < 4.78 is 5.08. The van der Waals surface area contributed by atoms with E-state index in [9.17, 15) is 4.79 Å². The maximum Gasteiger partial charge on any atom is 0.306 e. The van der Waals surface area contributed by atoms with Crippen molar-refractivity contribution < 1.29 is 9.53 Å². The predicted octanol–water partition coefficient (Wildman–Crippen LogP) is 3.74. The lowest BCUT2D eigenvalue weighted by Crippen LogP contribution is -2.10. The molecule has 1 aromatic rings. The average molecular weight is 234 g/mol. The lowest BCUT2D eigenvalue weighted by molar-refractivity contribution is -0.147. The second kappa shape index (κ2) is 7.88. The van der Waals surface area contributed by atoms with Gasteiger partial charge in [0.25, 0.3) is 0 Å². The number of ether oxygens (including phenoxy) is 1. The molecule has 0 saturated heterocycles. The Morgan fingerprint density at radius 1 is 1.12 bits per heavy atom. The molecule has 0 radical (unpaired) electrons. The van der Waals surface area contributed by atoms with Crippen LogP contribution in [0.3, 0.4) is 0 Å². The second-order valence-corrected chi connectivity index (χ2v) is 4.58. The van der Waals surface area contributed by atoms with Crippen LogP contribution in [0.1, 0.15) is 45.1 Å². The topological polar surface area (TPSA) is 26.3 Å². The van der Waals surface area contributed by atoms with E-state index in [1.165, 1.54) is 5.56 Å². The summed E-state index contributed by atoms with van der Waals surface area (Å²) in [5, 5.41) is 0. The normalized spacial score (nSPS) is 10.5. The zero-order valence-corrected chi connectivity index (χ0v) is 10.8. The molecule has 0 spiro atoms. The zero-order valence-electron chi connectivity index (χ0n) is 10.8. The summed E-state index contributed by atoms with van der Waals surface area (Å²) >= 11 is 0. The molecule has 0 unspecified atom stereocenters. The van der Waals surface area contributed by atoms with Crippen molar-refractivity contribution in [1.82, 2.24) is 0 Å². The minimum Gasteiger partial charge on any atom is -0.463 e. The minimum absolute atomic E-state index is 0.00631. The van der Waals surface area contributed by atoms with Crippen LogP contribution in [0.5, 0.6) is 0 Å². The smallest absolute Gasteiger partial charge is 0.306 e. The van der Waals surface area contributed by atoms with Crippen LogP contribution >= 0.6 is 0 Å². The average Bonchev–Trinajstić information content (AvgIpc) is 2.29. The van der Waals surface area contributed by atoms with Crippen LogP contribution < -0.4 is 0 Å². The first-order valence-electron chi connectivity index (χ1n) is 6.42. The van der Waals surface area contributed by atoms with Gasteiger partial charge >= 0.3 is 5.97 Å². The molecule has 0 amide bonds. The third-order valence-electron chi connectivity index (χ3n) is 2.56. The standard InChI is InChI=1S/C15H22O2/c1-13(2)17-15(16)12-8-4-7-11-14-9-5-3-6-10-14/h3,5-6,9-10,13H,4,7-8,11-12H2,1-2H3. The van der Waals surface area contributed by atoms with E-state index in [1.54, 1.807) is 0 Å². The van der Waals surface area contributed by atoms with Gasteiger partial charge < -0.3 is 4.74 Å². The van der Waals surface area contributed by atoms with E-state index < -0.39 is 0 Å². The number of unbranched alkanes of at least 4 members (excludes halogenated alkanes) is 2. The zero-order chi connectivity index (χ0) is 12.5. The van der Waals surface area contributed by atoms with Gasteiger partial charge in [-0.3, -0.25) is 4.79 Å². The van der Waals surface area contributed by atoms with Gasteiger partial charge in [-0.05, 0) is 38.7 Å². The molecule has 94 valence electrons. The van der Waals surface area contributed by atoms with E-state index in [4.69, 9.17) is 4.74 Å². The molecule has 0 aliphatic heterocycles. The van der Waals surface area contributed by atoms with E-state index in [0.717, 1.165) is 25.7 Å². The number of hydrogen-bond donors (Lipinski definition) is 0. The highest BCUT2D eigenvalue weighted by Crippen LogP contribution is 2.08. The molecule has 0 aliphatic rings. The summed E-state index contributed by atoms with van der Waals surface area (Å²) in [5.41, 5.74) is 1.37. The third-order valence-corrected chi connectivity index (χ3v) is 2.56. The van der Waals surface area contributed by atoms with Gasteiger partial charge in [0.15, 0.2) is 0 Å². The highest BCUT2D eigenvalue weighted by molar-refractivity contribution is 5.69. The first-order chi connectivity index (χ1) is 8.18.